The van der Waals surface area contributed by atoms with Crippen LogP contribution in [0.4, 0.5) is 0 Å². The highest BCUT2D eigenvalue weighted by Crippen LogP contribution is 2.08. The topological polar surface area (TPSA) is 44.0 Å². The molecule has 0 atom stereocenters. The number of aryl methyl sites for hydroxylation is 2. The lowest BCUT2D eigenvalue weighted by Crippen LogP contribution is -2.32. The molecule has 0 bridgehead atoms. The molecule has 3 nitrogen and oxygen atoms in total. The van der Waals surface area contributed by atoms with Crippen LogP contribution in [0, 0.1) is 0 Å². The first-order valence-electron chi connectivity index (χ1n) is 9.25. The number of nitrogens with zero attached hydrogens (tertiary/aromatic N) is 1. The van der Waals surface area contributed by atoms with E-state index in [-0.39, 0.29) is 0 Å². The Morgan fingerprint density at radius 1 is 0.913 bits per heavy atom. The van der Waals surface area contributed by atoms with Crippen molar-refractivity contribution in [1.29, 1.82) is 0 Å². The highest BCUT2D eigenvalue weighted by Gasteiger charge is 2.00. The molecule has 23 heavy (non-hydrogen) atoms. The Morgan fingerprint density at radius 2 is 1.39 bits per heavy atom. The average molecular weight is 322 g/mol. The summed E-state index contributed by atoms with van der Waals surface area (Å²) in [7, 11) is 0. The summed E-state index contributed by atoms with van der Waals surface area (Å²) in [4.78, 5) is 8.89. The molecule has 0 fully saturated rings. The van der Waals surface area contributed by atoms with Crippen molar-refractivity contribution in [2.45, 2.75) is 91.5 Å². The van der Waals surface area contributed by atoms with Gasteiger partial charge in [0.25, 0.3) is 0 Å². The van der Waals surface area contributed by atoms with Gasteiger partial charge in [0.05, 0.1) is 0 Å². The van der Waals surface area contributed by atoms with Gasteiger partial charge in [0.1, 0.15) is 6.54 Å². The van der Waals surface area contributed by atoms with Gasteiger partial charge in [-0.25, -0.2) is 4.57 Å². The normalized spacial score (nSPS) is 10.0. The molecule has 0 N–H and O–H groups in total. The second-order valence-corrected chi connectivity index (χ2v) is 6.16. The van der Waals surface area contributed by atoms with Crippen LogP contribution in [0.15, 0.2) is 24.5 Å². The number of aliphatic carboxylic acids is 1. The fraction of sp³-hybridized carbons (Fsp3) is 0.700. The minimum Gasteiger partial charge on any atom is -0.550 e. The molecule has 0 saturated heterocycles. The maximum Gasteiger partial charge on any atom is 0.169 e. The standard InChI is InChI=1S/C18H32N.C2H4O2/c1-3-5-6-7-8-9-10-11-15-19-16-13-18(12-4-2)14-17-19;1-2(3)4/h13-14,16-17H,3-12,15H2,1-2H3;1H3,(H,3,4)/q+1;/p-1. The third-order valence-electron chi connectivity index (χ3n) is 3.77. The van der Waals surface area contributed by atoms with Gasteiger partial charge in [0.2, 0.25) is 0 Å². The molecule has 0 radical (unpaired) electrons. The predicted octanol–water partition coefficient (Wildman–Crippen LogP) is 3.82. The Kier molecular flexibility index (Phi) is 14.6. The zero-order chi connectivity index (χ0) is 17.3. The van der Waals surface area contributed by atoms with Gasteiger partial charge in [-0.15, -0.1) is 0 Å². The van der Waals surface area contributed by atoms with Crippen LogP contribution in [0.25, 0.3) is 0 Å². The van der Waals surface area contributed by atoms with E-state index >= 15 is 0 Å². The van der Waals surface area contributed by atoms with Crippen molar-refractivity contribution in [2.75, 3.05) is 0 Å². The predicted molar refractivity (Wildman–Crippen MR) is 93.9 cm³/mol. The van der Waals surface area contributed by atoms with Crippen LogP contribution in [-0.2, 0) is 17.8 Å². The maximum absolute atomic E-state index is 8.89. The Hall–Kier alpha value is -1.38. The van der Waals surface area contributed by atoms with Crippen LogP contribution < -0.4 is 9.67 Å². The number of pyridine rings is 1. The summed E-state index contributed by atoms with van der Waals surface area (Å²) in [5.74, 6) is -1.08. The van der Waals surface area contributed by atoms with Gasteiger partial charge in [0, 0.05) is 24.5 Å². The summed E-state index contributed by atoms with van der Waals surface area (Å²) >= 11 is 0. The van der Waals surface area contributed by atoms with Crippen molar-refractivity contribution in [3.63, 3.8) is 0 Å². The third kappa shape index (κ3) is 15.3. The highest BCUT2D eigenvalue weighted by molar-refractivity contribution is 5.60. The van der Waals surface area contributed by atoms with Gasteiger partial charge in [-0.1, -0.05) is 58.8 Å². The molecule has 3 heteroatoms. The molecule has 1 rings (SSSR count). The van der Waals surface area contributed by atoms with Gasteiger partial charge < -0.3 is 9.90 Å². The van der Waals surface area contributed by atoms with Crippen LogP contribution in [0.2, 0.25) is 0 Å². The minimum absolute atomic E-state index is 0.972. The number of unbranched alkanes of at least 4 members (excludes halogenated alkanes) is 7. The van der Waals surface area contributed by atoms with Crippen molar-refractivity contribution in [3.8, 4) is 0 Å². The number of aromatic nitrogens is 1. The molecule has 0 aromatic carbocycles. The minimum atomic E-state index is -1.08. The molecule has 0 amide bonds. The molecule has 1 aromatic heterocycles. The molecule has 132 valence electrons. The van der Waals surface area contributed by atoms with E-state index in [0.717, 1.165) is 6.92 Å². The monoisotopic (exact) mass is 321 g/mol. The third-order valence-corrected chi connectivity index (χ3v) is 3.77. The van der Waals surface area contributed by atoms with E-state index in [4.69, 9.17) is 9.90 Å². The molecule has 0 aliphatic heterocycles. The summed E-state index contributed by atoms with van der Waals surface area (Å²) in [6, 6.07) is 4.54. The molecule has 1 aromatic rings. The lowest BCUT2D eigenvalue weighted by atomic mass is 10.1. The SMILES string of the molecule is CC(=O)[O-].CCCCCCCCCC[n+]1ccc(CCC)cc1. The first-order chi connectivity index (χ1) is 11.1. The Morgan fingerprint density at radius 3 is 1.87 bits per heavy atom. The quantitative estimate of drug-likeness (QED) is 0.459. The Bertz CT molecular complexity index is 383. The first kappa shape index (κ1) is 21.6. The van der Waals surface area contributed by atoms with Crippen molar-refractivity contribution in [1.82, 2.24) is 0 Å². The number of carbonyl (C=O) groups is 1. The van der Waals surface area contributed by atoms with E-state index in [1.807, 2.05) is 0 Å². The van der Waals surface area contributed by atoms with E-state index in [9.17, 15) is 0 Å². The average Bonchev–Trinajstić information content (AvgIpc) is 2.51. The summed E-state index contributed by atoms with van der Waals surface area (Å²) in [5.41, 5.74) is 1.47. The zero-order valence-electron chi connectivity index (χ0n) is 15.4. The number of hydrogen-bond donors (Lipinski definition) is 0. The Balaban J connectivity index is 0.00000108. The van der Waals surface area contributed by atoms with E-state index in [1.54, 1.807) is 0 Å². The van der Waals surface area contributed by atoms with Gasteiger partial charge >= 0.3 is 0 Å². The highest BCUT2D eigenvalue weighted by atomic mass is 16.4. The van der Waals surface area contributed by atoms with Crippen LogP contribution in [-0.4, -0.2) is 5.97 Å². The largest absolute Gasteiger partial charge is 0.550 e. The lowest BCUT2D eigenvalue weighted by molar-refractivity contribution is -0.697. The van der Waals surface area contributed by atoms with E-state index in [0.29, 0.717) is 0 Å². The molecule has 1 heterocycles. The molecule has 0 spiro atoms. The van der Waals surface area contributed by atoms with Gasteiger partial charge in [-0.05, 0) is 25.3 Å². The fourth-order valence-electron chi connectivity index (χ4n) is 2.52. The molecule has 0 aliphatic rings. The van der Waals surface area contributed by atoms with Crippen molar-refractivity contribution < 1.29 is 14.5 Å². The fourth-order valence-corrected chi connectivity index (χ4v) is 2.52. The first-order valence-corrected chi connectivity index (χ1v) is 9.25. The van der Waals surface area contributed by atoms with Gasteiger partial charge in [0.15, 0.2) is 12.4 Å². The number of carboxylic acids is 1. The summed E-state index contributed by atoms with van der Waals surface area (Å²) in [6.45, 7) is 6.67. The molecule has 0 aliphatic carbocycles. The van der Waals surface area contributed by atoms with E-state index < -0.39 is 5.97 Å². The summed E-state index contributed by atoms with van der Waals surface area (Å²) < 4.78 is 2.33. The molecule has 0 saturated carbocycles. The van der Waals surface area contributed by atoms with E-state index in [1.165, 1.54) is 76.3 Å². The van der Waals surface area contributed by atoms with Gasteiger partial charge in [-0.3, -0.25) is 0 Å². The lowest BCUT2D eigenvalue weighted by Gasteiger charge is -2.01. The van der Waals surface area contributed by atoms with Gasteiger partial charge in [-0.2, -0.15) is 0 Å². The smallest absolute Gasteiger partial charge is 0.169 e. The van der Waals surface area contributed by atoms with E-state index in [2.05, 4.69) is 42.9 Å². The van der Waals surface area contributed by atoms with Crippen LogP contribution in [0.5, 0.6) is 0 Å². The Labute approximate surface area is 142 Å². The number of carbonyl (C=O) groups excluding carboxylic acids is 1. The molecule has 0 unspecified atom stereocenters. The second kappa shape index (κ2) is 15.5. The molecular formula is C20H35NO2. The van der Waals surface area contributed by atoms with Crippen LogP contribution >= 0.6 is 0 Å². The number of hydrogen-bond acceptors (Lipinski definition) is 2. The maximum atomic E-state index is 8.89. The van der Waals surface area contributed by atoms with Crippen molar-refractivity contribution in [2.24, 2.45) is 0 Å². The number of rotatable bonds is 11. The van der Waals surface area contributed by atoms with Crippen molar-refractivity contribution in [3.05, 3.63) is 30.1 Å². The second-order valence-electron chi connectivity index (χ2n) is 6.16. The summed E-state index contributed by atoms with van der Waals surface area (Å²) in [6.07, 6.45) is 18.1. The molecular weight excluding hydrogens is 286 g/mol. The van der Waals surface area contributed by atoms with Crippen LogP contribution in [0.1, 0.15) is 84.1 Å². The number of carboxylic acid groups (broad SMARTS) is 1. The van der Waals surface area contributed by atoms with Crippen molar-refractivity contribution >= 4 is 5.97 Å². The zero-order valence-corrected chi connectivity index (χ0v) is 15.4. The summed E-state index contributed by atoms with van der Waals surface area (Å²) in [5, 5.41) is 8.89. The van der Waals surface area contributed by atoms with Crippen LogP contribution in [0.3, 0.4) is 0 Å².